The van der Waals surface area contributed by atoms with Gasteiger partial charge >= 0.3 is 5.97 Å². The van der Waals surface area contributed by atoms with E-state index in [-0.39, 0.29) is 0 Å². The van der Waals surface area contributed by atoms with Gasteiger partial charge in [-0.25, -0.2) is 0 Å². The van der Waals surface area contributed by atoms with Crippen molar-refractivity contribution in [3.05, 3.63) is 12.3 Å². The maximum Gasteiger partial charge on any atom is 0.303 e. The van der Waals surface area contributed by atoms with Crippen molar-refractivity contribution in [3.63, 3.8) is 0 Å². The predicted octanol–water partition coefficient (Wildman–Crippen LogP) is 4.45. The van der Waals surface area contributed by atoms with Crippen molar-refractivity contribution in [3.8, 4) is 0 Å². The molecule has 22 heavy (non-hydrogen) atoms. The summed E-state index contributed by atoms with van der Waals surface area (Å²) >= 11 is 0. The zero-order valence-electron chi connectivity index (χ0n) is 13.5. The molecule has 0 amide bonds. The Balaban J connectivity index is 2.06. The quantitative estimate of drug-likeness (QED) is 0.522. The first-order valence-electron chi connectivity index (χ1n) is 8.35. The summed E-state index contributed by atoms with van der Waals surface area (Å²) in [5, 5.41) is 20.1. The second kappa shape index (κ2) is 11.9. The van der Waals surface area contributed by atoms with Crippen LogP contribution in [0.5, 0.6) is 0 Å². The van der Waals surface area contributed by atoms with Crippen molar-refractivity contribution < 1.29 is 9.90 Å². The van der Waals surface area contributed by atoms with Crippen molar-refractivity contribution in [2.45, 2.75) is 71.1 Å². The van der Waals surface area contributed by atoms with E-state index < -0.39 is 5.97 Å². The third-order valence-electron chi connectivity index (χ3n) is 3.95. The minimum absolute atomic E-state index is 0.306. The number of unbranched alkanes of at least 4 members (excludes halogenated alkanes) is 6. The molecule has 1 aliphatic heterocycles. The van der Waals surface area contributed by atoms with Crippen LogP contribution in [0.25, 0.3) is 0 Å². The molecule has 0 spiro atoms. The average Bonchev–Trinajstić information content (AvgIpc) is 2.78. The highest BCUT2D eigenvalue weighted by Gasteiger charge is 2.12. The molecule has 1 heterocycles. The lowest BCUT2D eigenvalue weighted by Gasteiger charge is -2.13. The first-order valence-corrected chi connectivity index (χ1v) is 8.35. The molecule has 1 atom stereocenters. The average molecular weight is 308 g/mol. The summed E-state index contributed by atoms with van der Waals surface area (Å²) in [6, 6.07) is 0. The number of nitrogens with one attached hydrogen (secondary N) is 1. The molecular weight excluding hydrogens is 280 g/mol. The molecule has 0 bridgehead atoms. The van der Waals surface area contributed by atoms with Gasteiger partial charge in [0.2, 0.25) is 0 Å². The van der Waals surface area contributed by atoms with Gasteiger partial charge in [-0.15, -0.1) is 5.10 Å². The molecule has 1 unspecified atom stereocenters. The lowest BCUT2D eigenvalue weighted by molar-refractivity contribution is -0.137. The Morgan fingerprint density at radius 3 is 2.55 bits per heavy atom. The van der Waals surface area contributed by atoms with Gasteiger partial charge in [0.1, 0.15) is 0 Å². The van der Waals surface area contributed by atoms with Crippen LogP contribution in [0.4, 0.5) is 0 Å². The van der Waals surface area contributed by atoms with Crippen LogP contribution in [-0.4, -0.2) is 16.8 Å². The molecule has 0 saturated heterocycles. The van der Waals surface area contributed by atoms with Crippen molar-refractivity contribution in [2.24, 2.45) is 21.5 Å². The predicted molar refractivity (Wildman–Crippen MR) is 87.5 cm³/mol. The van der Waals surface area contributed by atoms with Crippen LogP contribution >= 0.6 is 0 Å². The number of hydrogen-bond acceptors (Lipinski definition) is 5. The Labute approximate surface area is 132 Å². The Morgan fingerprint density at radius 1 is 1.18 bits per heavy atom. The molecule has 1 aliphatic rings. The molecule has 0 aliphatic carbocycles. The summed E-state index contributed by atoms with van der Waals surface area (Å²) in [7, 11) is 0. The fourth-order valence-electron chi connectivity index (χ4n) is 2.62. The molecule has 0 radical (unpaired) electrons. The van der Waals surface area contributed by atoms with Gasteiger partial charge in [0.05, 0.1) is 5.71 Å². The highest BCUT2D eigenvalue weighted by molar-refractivity contribution is 5.96. The Kier molecular flexibility index (Phi) is 9.90. The lowest BCUT2D eigenvalue weighted by Crippen LogP contribution is -2.11. The lowest BCUT2D eigenvalue weighted by atomic mass is 9.93. The van der Waals surface area contributed by atoms with Crippen LogP contribution in [0.2, 0.25) is 0 Å². The van der Waals surface area contributed by atoms with Gasteiger partial charge in [0.25, 0.3) is 0 Å². The third kappa shape index (κ3) is 8.54. The molecule has 124 valence electrons. The number of carboxylic acid groups (broad SMARTS) is 1. The third-order valence-corrected chi connectivity index (χ3v) is 3.95. The number of allylic oxidation sites excluding steroid dienone is 1. The molecule has 6 heteroatoms. The minimum Gasteiger partial charge on any atom is -0.481 e. The molecule has 6 nitrogen and oxygen atoms in total. The van der Waals surface area contributed by atoms with Gasteiger partial charge in [-0.05, 0) is 35.8 Å². The van der Waals surface area contributed by atoms with Gasteiger partial charge < -0.3 is 5.11 Å². The van der Waals surface area contributed by atoms with Crippen LogP contribution in [0, 0.1) is 5.92 Å². The molecule has 2 N–H and O–H groups in total. The first kappa shape index (κ1) is 18.3. The maximum absolute atomic E-state index is 10.4. The SMILES string of the molecule is CCC(CCCCCCCCCC(=O)O)C1=NN=NNC=C1. The summed E-state index contributed by atoms with van der Waals surface area (Å²) in [5.74, 6) is -0.235. The van der Waals surface area contributed by atoms with Crippen molar-refractivity contribution in [1.29, 1.82) is 0 Å². The normalized spacial score (nSPS) is 15.0. The molecular formula is C16H28N4O2. The van der Waals surface area contributed by atoms with Crippen LogP contribution in [0.1, 0.15) is 71.1 Å². The van der Waals surface area contributed by atoms with Gasteiger partial charge in [-0.1, -0.05) is 45.4 Å². The van der Waals surface area contributed by atoms with E-state index in [1.807, 2.05) is 6.08 Å². The van der Waals surface area contributed by atoms with E-state index in [9.17, 15) is 4.79 Å². The standard InChI is InChI=1S/C16H28N4O2/c1-2-14(15-12-13-17-19-20-18-15)10-8-6-4-3-5-7-9-11-16(21)22/h12-14H,2-11H2,1H3,(H,17,20)(H,21,22). The highest BCUT2D eigenvalue weighted by Crippen LogP contribution is 2.18. The number of nitrogens with zero attached hydrogens (tertiary/aromatic N) is 3. The van der Waals surface area contributed by atoms with E-state index in [1.165, 1.54) is 25.7 Å². The van der Waals surface area contributed by atoms with E-state index in [4.69, 9.17) is 5.11 Å². The van der Waals surface area contributed by atoms with Crippen LogP contribution < -0.4 is 5.43 Å². The number of carboxylic acids is 1. The summed E-state index contributed by atoms with van der Waals surface area (Å²) in [5.41, 5.74) is 3.69. The zero-order chi connectivity index (χ0) is 16.0. The Bertz CT molecular complexity index is 405. The Morgan fingerprint density at radius 2 is 1.86 bits per heavy atom. The minimum atomic E-state index is -0.684. The van der Waals surface area contributed by atoms with Crippen LogP contribution in [0.15, 0.2) is 27.8 Å². The van der Waals surface area contributed by atoms with Crippen LogP contribution in [0.3, 0.4) is 0 Å². The van der Waals surface area contributed by atoms with Crippen molar-refractivity contribution >= 4 is 11.7 Å². The van der Waals surface area contributed by atoms with Gasteiger partial charge in [-0.2, -0.15) is 0 Å². The molecule has 0 aromatic rings. The molecule has 0 aromatic heterocycles. The molecule has 0 fully saturated rings. The Hall–Kier alpha value is -1.72. The van der Waals surface area contributed by atoms with Crippen molar-refractivity contribution in [2.75, 3.05) is 0 Å². The van der Waals surface area contributed by atoms with E-state index >= 15 is 0 Å². The van der Waals surface area contributed by atoms with E-state index in [2.05, 4.69) is 27.9 Å². The first-order chi connectivity index (χ1) is 10.7. The maximum atomic E-state index is 10.4. The summed E-state index contributed by atoms with van der Waals surface area (Å²) in [4.78, 5) is 10.4. The topological polar surface area (TPSA) is 86.4 Å². The second-order valence-corrected chi connectivity index (χ2v) is 5.69. The fourth-order valence-corrected chi connectivity index (χ4v) is 2.62. The second-order valence-electron chi connectivity index (χ2n) is 5.69. The molecule has 0 aromatic carbocycles. The van der Waals surface area contributed by atoms with Gasteiger partial charge in [-0.3, -0.25) is 10.2 Å². The van der Waals surface area contributed by atoms with Gasteiger partial charge in [0.15, 0.2) is 0 Å². The monoisotopic (exact) mass is 308 g/mol. The smallest absolute Gasteiger partial charge is 0.303 e. The zero-order valence-corrected chi connectivity index (χ0v) is 13.5. The number of carbonyl (C=O) groups is 1. The largest absolute Gasteiger partial charge is 0.481 e. The van der Waals surface area contributed by atoms with E-state index in [0.717, 1.165) is 37.8 Å². The highest BCUT2D eigenvalue weighted by atomic mass is 16.4. The van der Waals surface area contributed by atoms with E-state index in [1.54, 1.807) is 6.20 Å². The fraction of sp³-hybridized carbons (Fsp3) is 0.750. The number of rotatable bonds is 12. The van der Waals surface area contributed by atoms with E-state index in [0.29, 0.717) is 12.3 Å². The number of hydrogen-bond donors (Lipinski definition) is 2. The summed E-state index contributed by atoms with van der Waals surface area (Å²) in [6.07, 6.45) is 14.1. The summed E-state index contributed by atoms with van der Waals surface area (Å²) < 4.78 is 0. The number of aliphatic carboxylic acids is 1. The summed E-state index contributed by atoms with van der Waals surface area (Å²) in [6.45, 7) is 2.18. The molecule has 0 saturated carbocycles. The van der Waals surface area contributed by atoms with Crippen molar-refractivity contribution in [1.82, 2.24) is 5.43 Å². The van der Waals surface area contributed by atoms with Gasteiger partial charge in [0, 0.05) is 18.5 Å². The molecule has 1 rings (SSSR count). The van der Waals surface area contributed by atoms with Crippen LogP contribution in [-0.2, 0) is 4.79 Å².